The first-order valence-electron chi connectivity index (χ1n) is 10.5. The highest BCUT2D eigenvalue weighted by Crippen LogP contribution is 2.28. The number of nitrogens with one attached hydrogen (secondary N) is 1. The van der Waals surface area contributed by atoms with Crippen molar-refractivity contribution in [3.63, 3.8) is 0 Å². The summed E-state index contributed by atoms with van der Waals surface area (Å²) < 4.78 is 39.3. The van der Waals surface area contributed by atoms with Gasteiger partial charge in [0.2, 0.25) is 10.0 Å². The molecule has 1 aliphatic rings. The first-order chi connectivity index (χ1) is 14.9. The van der Waals surface area contributed by atoms with Crippen molar-refractivity contribution < 1.29 is 22.7 Å². The number of methoxy groups -OCH3 is 2. The Labute approximate surface area is 184 Å². The molecule has 1 N–H and O–H groups in total. The van der Waals surface area contributed by atoms with Gasteiger partial charge in [0, 0.05) is 31.8 Å². The monoisotopic (exact) mass is 446 g/mol. The highest BCUT2D eigenvalue weighted by molar-refractivity contribution is 7.89. The van der Waals surface area contributed by atoms with Crippen LogP contribution in [0.3, 0.4) is 0 Å². The van der Waals surface area contributed by atoms with Gasteiger partial charge in [-0.2, -0.15) is 0 Å². The molecular formula is C23H30N2O5S. The third-order valence-corrected chi connectivity index (χ3v) is 6.99. The summed E-state index contributed by atoms with van der Waals surface area (Å²) in [7, 11) is -0.811. The zero-order chi connectivity index (χ0) is 22.3. The average Bonchev–Trinajstić information content (AvgIpc) is 3.28. The van der Waals surface area contributed by atoms with E-state index in [1.807, 2.05) is 30.3 Å². The normalized spacial score (nSPS) is 14.5. The molecule has 0 radical (unpaired) electrons. The minimum Gasteiger partial charge on any atom is -0.495 e. The molecule has 31 heavy (non-hydrogen) atoms. The van der Waals surface area contributed by atoms with Gasteiger partial charge >= 0.3 is 0 Å². The minimum absolute atomic E-state index is 0.0147. The zero-order valence-electron chi connectivity index (χ0n) is 18.0. The molecule has 0 saturated heterocycles. The van der Waals surface area contributed by atoms with Crippen molar-refractivity contribution in [2.45, 2.75) is 43.2 Å². The summed E-state index contributed by atoms with van der Waals surface area (Å²) in [6.45, 7) is 1.17. The number of benzene rings is 2. The van der Waals surface area contributed by atoms with Crippen LogP contribution in [0.15, 0.2) is 53.4 Å². The lowest BCUT2D eigenvalue weighted by molar-refractivity contribution is 0.0680. The Morgan fingerprint density at radius 3 is 2.45 bits per heavy atom. The molecule has 0 bridgehead atoms. The molecule has 8 heteroatoms. The number of sulfonamides is 1. The molecule has 0 atom stereocenters. The Hall–Kier alpha value is -2.42. The topological polar surface area (TPSA) is 84.9 Å². The van der Waals surface area contributed by atoms with Gasteiger partial charge in [0.15, 0.2) is 0 Å². The summed E-state index contributed by atoms with van der Waals surface area (Å²) in [5.41, 5.74) is 1.27. The SMILES string of the molecule is COCCN(Cc1ccccc1)C(=O)c1ccc(OC)c(S(=O)(=O)NC2CCCC2)c1. The highest BCUT2D eigenvalue weighted by atomic mass is 32.2. The van der Waals surface area contributed by atoms with E-state index in [1.54, 1.807) is 18.1 Å². The molecule has 0 spiro atoms. The molecule has 1 fully saturated rings. The van der Waals surface area contributed by atoms with E-state index in [0.29, 0.717) is 25.3 Å². The van der Waals surface area contributed by atoms with Gasteiger partial charge < -0.3 is 14.4 Å². The van der Waals surface area contributed by atoms with E-state index < -0.39 is 10.0 Å². The van der Waals surface area contributed by atoms with Crippen LogP contribution in [-0.4, -0.2) is 52.6 Å². The van der Waals surface area contributed by atoms with E-state index in [0.717, 1.165) is 31.2 Å². The molecule has 1 amide bonds. The number of hydrogen-bond donors (Lipinski definition) is 1. The second-order valence-corrected chi connectivity index (χ2v) is 9.36. The maximum Gasteiger partial charge on any atom is 0.254 e. The Morgan fingerprint density at radius 1 is 1.10 bits per heavy atom. The highest BCUT2D eigenvalue weighted by Gasteiger charge is 2.27. The van der Waals surface area contributed by atoms with Crippen LogP contribution >= 0.6 is 0 Å². The summed E-state index contributed by atoms with van der Waals surface area (Å²) in [4.78, 5) is 14.9. The summed E-state index contributed by atoms with van der Waals surface area (Å²) >= 11 is 0. The lowest BCUT2D eigenvalue weighted by atomic mass is 10.1. The maximum atomic E-state index is 13.3. The Bertz CT molecular complexity index is 973. The van der Waals surface area contributed by atoms with Crippen LogP contribution in [0, 0.1) is 0 Å². The van der Waals surface area contributed by atoms with Crippen LogP contribution in [-0.2, 0) is 21.3 Å². The molecule has 168 valence electrons. The number of ether oxygens (including phenoxy) is 2. The van der Waals surface area contributed by atoms with Crippen LogP contribution in [0.25, 0.3) is 0 Å². The Balaban J connectivity index is 1.88. The molecule has 3 rings (SSSR count). The van der Waals surface area contributed by atoms with E-state index in [4.69, 9.17) is 9.47 Å². The summed E-state index contributed by atoms with van der Waals surface area (Å²) in [5, 5.41) is 0. The fraction of sp³-hybridized carbons (Fsp3) is 0.435. The second-order valence-electron chi connectivity index (χ2n) is 7.67. The van der Waals surface area contributed by atoms with E-state index in [1.165, 1.54) is 19.2 Å². The molecule has 2 aromatic rings. The van der Waals surface area contributed by atoms with Crippen LogP contribution < -0.4 is 9.46 Å². The van der Waals surface area contributed by atoms with Crippen LogP contribution in [0.1, 0.15) is 41.6 Å². The largest absolute Gasteiger partial charge is 0.495 e. The fourth-order valence-corrected chi connectivity index (χ4v) is 5.29. The summed E-state index contributed by atoms with van der Waals surface area (Å²) in [6, 6.07) is 14.1. The Morgan fingerprint density at radius 2 is 1.81 bits per heavy atom. The summed E-state index contributed by atoms with van der Waals surface area (Å²) in [6.07, 6.45) is 3.66. The molecule has 2 aromatic carbocycles. The van der Waals surface area contributed by atoms with Crippen molar-refractivity contribution in [1.29, 1.82) is 0 Å². The second kappa shape index (κ2) is 10.7. The molecule has 7 nitrogen and oxygen atoms in total. The average molecular weight is 447 g/mol. The van der Waals surface area contributed by atoms with Gasteiger partial charge in [0.05, 0.1) is 13.7 Å². The number of nitrogens with zero attached hydrogens (tertiary/aromatic N) is 1. The van der Waals surface area contributed by atoms with Crippen LogP contribution in [0.5, 0.6) is 5.75 Å². The van der Waals surface area contributed by atoms with Crippen molar-refractivity contribution >= 4 is 15.9 Å². The van der Waals surface area contributed by atoms with E-state index >= 15 is 0 Å². The van der Waals surface area contributed by atoms with Crippen molar-refractivity contribution in [1.82, 2.24) is 9.62 Å². The van der Waals surface area contributed by atoms with Gasteiger partial charge in [-0.3, -0.25) is 4.79 Å². The molecule has 0 unspecified atom stereocenters. The van der Waals surface area contributed by atoms with Gasteiger partial charge in [0.25, 0.3) is 5.91 Å². The smallest absolute Gasteiger partial charge is 0.254 e. The number of carbonyl (C=O) groups excluding carboxylic acids is 1. The van der Waals surface area contributed by atoms with E-state index in [-0.39, 0.29) is 22.6 Å². The van der Waals surface area contributed by atoms with Gasteiger partial charge in [-0.05, 0) is 36.6 Å². The maximum absolute atomic E-state index is 13.3. The Kier molecular flexibility index (Phi) is 8.06. The predicted octanol–water partition coefficient (Wildman–Crippen LogP) is 3.20. The van der Waals surface area contributed by atoms with E-state index in [9.17, 15) is 13.2 Å². The number of carbonyl (C=O) groups is 1. The lowest BCUT2D eigenvalue weighted by Gasteiger charge is -2.23. The van der Waals surface area contributed by atoms with Crippen LogP contribution in [0.4, 0.5) is 0 Å². The van der Waals surface area contributed by atoms with Gasteiger partial charge in [0.1, 0.15) is 10.6 Å². The summed E-state index contributed by atoms with van der Waals surface area (Å²) in [5.74, 6) is -0.0468. The quantitative estimate of drug-likeness (QED) is 0.606. The van der Waals surface area contributed by atoms with Crippen LogP contribution in [0.2, 0.25) is 0 Å². The number of rotatable bonds is 10. The van der Waals surface area contributed by atoms with Crippen molar-refractivity contribution in [2.24, 2.45) is 0 Å². The van der Waals surface area contributed by atoms with Crippen molar-refractivity contribution in [2.75, 3.05) is 27.4 Å². The molecule has 0 aliphatic heterocycles. The van der Waals surface area contributed by atoms with Gasteiger partial charge in [-0.1, -0.05) is 43.2 Å². The molecular weight excluding hydrogens is 416 g/mol. The van der Waals surface area contributed by atoms with Crippen molar-refractivity contribution in [3.8, 4) is 5.75 Å². The molecule has 0 aromatic heterocycles. The first kappa shape index (κ1) is 23.2. The fourth-order valence-electron chi connectivity index (χ4n) is 3.79. The third kappa shape index (κ3) is 6.06. The van der Waals surface area contributed by atoms with Gasteiger partial charge in [-0.25, -0.2) is 13.1 Å². The number of hydrogen-bond acceptors (Lipinski definition) is 5. The van der Waals surface area contributed by atoms with Gasteiger partial charge in [-0.15, -0.1) is 0 Å². The molecule has 1 saturated carbocycles. The predicted molar refractivity (Wildman–Crippen MR) is 119 cm³/mol. The van der Waals surface area contributed by atoms with Crippen molar-refractivity contribution in [3.05, 3.63) is 59.7 Å². The minimum atomic E-state index is -3.81. The lowest BCUT2D eigenvalue weighted by Crippen LogP contribution is -2.34. The zero-order valence-corrected chi connectivity index (χ0v) is 18.9. The van der Waals surface area contributed by atoms with E-state index in [2.05, 4.69) is 4.72 Å². The first-order valence-corrected chi connectivity index (χ1v) is 12.0. The molecule has 0 heterocycles. The standard InChI is InChI=1S/C23H30N2O5S/c1-29-15-14-25(17-18-8-4-3-5-9-18)23(26)19-12-13-21(30-2)22(16-19)31(27,28)24-20-10-6-7-11-20/h3-5,8-9,12-13,16,20,24H,6-7,10-11,14-15,17H2,1-2H3. The third-order valence-electron chi connectivity index (χ3n) is 5.45. The number of amides is 1. The molecule has 1 aliphatic carbocycles.